The molecule has 0 bridgehead atoms. The molecule has 0 aliphatic carbocycles. The second-order valence-corrected chi connectivity index (χ2v) is 7.47. The topological polar surface area (TPSA) is 80.2 Å². The third-order valence-electron chi connectivity index (χ3n) is 3.91. The number of aryl methyl sites for hydroxylation is 3. The molecule has 1 aliphatic rings. The van der Waals surface area contributed by atoms with Gasteiger partial charge in [0.05, 0.1) is 5.69 Å². The highest BCUT2D eigenvalue weighted by Crippen LogP contribution is 2.23. The van der Waals surface area contributed by atoms with Gasteiger partial charge >= 0.3 is 0 Å². The average Bonchev–Trinajstić information content (AvgIpc) is 2.85. The Bertz CT molecular complexity index is 869. The Balaban J connectivity index is 1.96. The molecule has 0 spiro atoms. The normalized spacial score (nSPS) is 14.8. The van der Waals surface area contributed by atoms with Gasteiger partial charge in [0.1, 0.15) is 10.6 Å². The lowest BCUT2D eigenvalue weighted by molar-refractivity contribution is 0.0951. The first kappa shape index (κ1) is 15.6. The van der Waals surface area contributed by atoms with Crippen molar-refractivity contribution in [2.24, 2.45) is 0 Å². The van der Waals surface area contributed by atoms with E-state index in [0.717, 1.165) is 17.5 Å². The number of nitrogens with one attached hydrogen (secondary N) is 2. The number of amides is 1. The van der Waals surface area contributed by atoms with Crippen LogP contribution < -0.4 is 10.0 Å². The minimum Gasteiger partial charge on any atom is -0.351 e. The molecule has 1 aromatic carbocycles. The first-order valence-corrected chi connectivity index (χ1v) is 8.93. The van der Waals surface area contributed by atoms with Gasteiger partial charge < -0.3 is 9.88 Å². The van der Waals surface area contributed by atoms with Crippen molar-refractivity contribution in [1.29, 1.82) is 0 Å². The molecule has 0 saturated heterocycles. The third kappa shape index (κ3) is 3.10. The van der Waals surface area contributed by atoms with Crippen LogP contribution in [0.15, 0.2) is 35.4 Å². The van der Waals surface area contributed by atoms with Gasteiger partial charge in [-0.25, -0.2) is 8.42 Å². The van der Waals surface area contributed by atoms with Crippen molar-refractivity contribution in [3.8, 4) is 0 Å². The number of hydrogen-bond donors (Lipinski definition) is 2. The molecule has 122 valence electrons. The predicted molar refractivity (Wildman–Crippen MR) is 88.1 cm³/mol. The zero-order valence-electron chi connectivity index (χ0n) is 13.1. The number of nitrogens with zero attached hydrogens (tertiary/aromatic N) is 1. The Morgan fingerprint density at radius 1 is 1.22 bits per heavy atom. The highest BCUT2D eigenvalue weighted by molar-refractivity contribution is 7.92. The summed E-state index contributed by atoms with van der Waals surface area (Å²) >= 11 is 0. The van der Waals surface area contributed by atoms with E-state index in [1.807, 2.05) is 26.0 Å². The van der Waals surface area contributed by atoms with Gasteiger partial charge in [-0.3, -0.25) is 9.52 Å². The molecule has 1 aromatic heterocycles. The van der Waals surface area contributed by atoms with Crippen LogP contribution in [0.3, 0.4) is 0 Å². The standard InChI is InChI=1S/C16H19N3O3S/c1-11-4-5-12(2)14(8-11)18-23(21,22)13-9-15-16(20)17-6-3-7-19(15)10-13/h4-5,8-10,18H,3,6-7H2,1-2H3,(H,17,20). The zero-order chi connectivity index (χ0) is 16.6. The molecule has 0 unspecified atom stereocenters. The van der Waals surface area contributed by atoms with Gasteiger partial charge in [-0.1, -0.05) is 12.1 Å². The van der Waals surface area contributed by atoms with Crippen LogP contribution in [-0.4, -0.2) is 25.4 Å². The van der Waals surface area contributed by atoms with E-state index in [1.165, 1.54) is 12.3 Å². The number of anilines is 1. The molecule has 1 amide bonds. The lowest BCUT2D eigenvalue weighted by Crippen LogP contribution is -2.22. The number of carbonyl (C=O) groups excluding carboxylic acids is 1. The van der Waals surface area contributed by atoms with Crippen LogP contribution in [0.2, 0.25) is 0 Å². The fourth-order valence-corrected chi connectivity index (χ4v) is 3.76. The van der Waals surface area contributed by atoms with Crippen LogP contribution in [0.25, 0.3) is 0 Å². The Labute approximate surface area is 135 Å². The molecular formula is C16H19N3O3S. The van der Waals surface area contributed by atoms with E-state index < -0.39 is 10.0 Å². The number of hydrogen-bond acceptors (Lipinski definition) is 3. The lowest BCUT2D eigenvalue weighted by atomic mass is 10.1. The first-order valence-electron chi connectivity index (χ1n) is 7.45. The van der Waals surface area contributed by atoms with Gasteiger partial charge in [-0.05, 0) is 43.5 Å². The summed E-state index contributed by atoms with van der Waals surface area (Å²) in [5, 5.41) is 2.76. The predicted octanol–water partition coefficient (Wildman–Crippen LogP) is 2.04. The van der Waals surface area contributed by atoms with E-state index in [4.69, 9.17) is 0 Å². The zero-order valence-corrected chi connectivity index (χ0v) is 13.9. The molecule has 3 rings (SSSR count). The van der Waals surface area contributed by atoms with E-state index in [2.05, 4.69) is 10.0 Å². The molecule has 2 N–H and O–H groups in total. The number of fused-ring (bicyclic) bond motifs is 1. The monoisotopic (exact) mass is 333 g/mol. The number of sulfonamides is 1. The molecular weight excluding hydrogens is 314 g/mol. The van der Waals surface area contributed by atoms with Gasteiger partial charge in [0, 0.05) is 19.3 Å². The summed E-state index contributed by atoms with van der Waals surface area (Å²) in [5.74, 6) is -0.240. The number of rotatable bonds is 3. The van der Waals surface area contributed by atoms with E-state index in [-0.39, 0.29) is 10.8 Å². The maximum absolute atomic E-state index is 12.6. The molecule has 23 heavy (non-hydrogen) atoms. The highest BCUT2D eigenvalue weighted by atomic mass is 32.2. The summed E-state index contributed by atoms with van der Waals surface area (Å²) in [4.78, 5) is 12.1. The Kier molecular flexibility index (Phi) is 3.89. The van der Waals surface area contributed by atoms with E-state index >= 15 is 0 Å². The summed E-state index contributed by atoms with van der Waals surface area (Å²) in [5.41, 5.74) is 2.75. The molecule has 7 heteroatoms. The van der Waals surface area contributed by atoms with Crippen molar-refractivity contribution in [1.82, 2.24) is 9.88 Å². The SMILES string of the molecule is Cc1ccc(C)c(NS(=O)(=O)c2cc3n(c2)CCCNC3=O)c1. The smallest absolute Gasteiger partial charge is 0.267 e. The molecule has 0 radical (unpaired) electrons. The van der Waals surface area contributed by atoms with Crippen molar-refractivity contribution in [2.45, 2.75) is 31.7 Å². The second kappa shape index (κ2) is 5.73. The fourth-order valence-electron chi connectivity index (χ4n) is 2.60. The average molecular weight is 333 g/mol. The lowest BCUT2D eigenvalue weighted by Gasteiger charge is -2.10. The maximum Gasteiger partial charge on any atom is 0.267 e. The summed E-state index contributed by atoms with van der Waals surface area (Å²) < 4.78 is 29.5. The fraction of sp³-hybridized carbons (Fsp3) is 0.312. The number of carbonyl (C=O) groups is 1. The van der Waals surface area contributed by atoms with Crippen LogP contribution in [0.1, 0.15) is 28.0 Å². The molecule has 0 saturated carbocycles. The maximum atomic E-state index is 12.6. The molecule has 6 nitrogen and oxygen atoms in total. The van der Waals surface area contributed by atoms with Crippen LogP contribution >= 0.6 is 0 Å². The summed E-state index contributed by atoms with van der Waals surface area (Å²) in [6.45, 7) is 4.97. The van der Waals surface area contributed by atoms with Gasteiger partial charge in [-0.2, -0.15) is 0 Å². The largest absolute Gasteiger partial charge is 0.351 e. The first-order chi connectivity index (χ1) is 10.9. The van der Waals surface area contributed by atoms with Crippen LogP contribution in [0, 0.1) is 13.8 Å². The van der Waals surface area contributed by atoms with Crippen LogP contribution in [0.4, 0.5) is 5.69 Å². The van der Waals surface area contributed by atoms with Crippen molar-refractivity contribution in [3.05, 3.63) is 47.3 Å². The van der Waals surface area contributed by atoms with Gasteiger partial charge in [0.15, 0.2) is 0 Å². The van der Waals surface area contributed by atoms with Crippen molar-refractivity contribution in [3.63, 3.8) is 0 Å². The van der Waals surface area contributed by atoms with Gasteiger partial charge in [-0.15, -0.1) is 0 Å². The highest BCUT2D eigenvalue weighted by Gasteiger charge is 2.23. The Morgan fingerprint density at radius 2 is 2.00 bits per heavy atom. The quantitative estimate of drug-likeness (QED) is 0.902. The summed E-state index contributed by atoms with van der Waals surface area (Å²) in [6, 6.07) is 7.02. The van der Waals surface area contributed by atoms with Gasteiger partial charge in [0.25, 0.3) is 15.9 Å². The van der Waals surface area contributed by atoms with E-state index in [0.29, 0.717) is 24.5 Å². The van der Waals surface area contributed by atoms with Crippen molar-refractivity contribution >= 4 is 21.6 Å². The van der Waals surface area contributed by atoms with E-state index in [1.54, 1.807) is 10.6 Å². The van der Waals surface area contributed by atoms with Crippen LogP contribution in [-0.2, 0) is 16.6 Å². The minimum absolute atomic E-state index is 0.102. The minimum atomic E-state index is -3.73. The second-order valence-electron chi connectivity index (χ2n) is 5.79. The Hall–Kier alpha value is -2.28. The molecule has 2 heterocycles. The van der Waals surface area contributed by atoms with Crippen molar-refractivity contribution < 1.29 is 13.2 Å². The molecule has 2 aromatic rings. The van der Waals surface area contributed by atoms with Gasteiger partial charge in [0.2, 0.25) is 0 Å². The molecule has 0 fully saturated rings. The molecule has 0 atom stereocenters. The Morgan fingerprint density at radius 3 is 2.78 bits per heavy atom. The van der Waals surface area contributed by atoms with Crippen molar-refractivity contribution in [2.75, 3.05) is 11.3 Å². The van der Waals surface area contributed by atoms with E-state index in [9.17, 15) is 13.2 Å². The third-order valence-corrected chi connectivity index (χ3v) is 5.25. The van der Waals surface area contributed by atoms with Crippen LogP contribution in [0.5, 0.6) is 0 Å². The summed E-state index contributed by atoms with van der Waals surface area (Å²) in [7, 11) is -3.73. The number of benzene rings is 1. The summed E-state index contributed by atoms with van der Waals surface area (Å²) in [6.07, 6.45) is 2.30. The molecule has 1 aliphatic heterocycles. The number of aromatic nitrogens is 1.